The van der Waals surface area contributed by atoms with E-state index in [-0.39, 0.29) is 41.0 Å². The maximum absolute atomic E-state index is 14.6. The first-order valence-electron chi connectivity index (χ1n) is 12.3. The van der Waals surface area contributed by atoms with Gasteiger partial charge < -0.3 is 15.0 Å². The number of anilines is 2. The Kier molecular flexibility index (Phi) is 9.33. The van der Waals surface area contributed by atoms with E-state index >= 15 is 0 Å². The number of esters is 1. The summed E-state index contributed by atoms with van der Waals surface area (Å²) in [4.78, 5) is 39.4. The van der Waals surface area contributed by atoms with Crippen LogP contribution in [0.4, 0.5) is 42.1 Å². The molecule has 0 atom stereocenters. The van der Waals surface area contributed by atoms with Crippen LogP contribution < -0.4 is 10.2 Å². The first kappa shape index (κ1) is 32.1. The van der Waals surface area contributed by atoms with Gasteiger partial charge in [0.25, 0.3) is 11.8 Å². The summed E-state index contributed by atoms with van der Waals surface area (Å²) in [5.41, 5.74) is -7.41. The van der Waals surface area contributed by atoms with E-state index in [2.05, 4.69) is 10.1 Å². The van der Waals surface area contributed by atoms with Crippen LogP contribution in [-0.4, -0.2) is 43.8 Å². The summed E-state index contributed by atoms with van der Waals surface area (Å²) in [6, 6.07) is 14.5. The summed E-state index contributed by atoms with van der Waals surface area (Å²) in [6.45, 7) is 2.15. The number of amides is 2. The molecule has 0 radical (unpaired) electrons. The molecule has 2 amide bonds. The SMILES string of the molecule is COC(=O)CCN(C(=O)c1ccccc1)c1cccc(C(=O)Nc2c(C)cc(C(F)(C(F)(F)F)C(F)(F)F)cc2C)c1. The molecule has 0 aromatic heterocycles. The molecule has 3 aromatic carbocycles. The van der Waals surface area contributed by atoms with Crippen molar-refractivity contribution >= 4 is 29.2 Å². The molecule has 0 aliphatic carbocycles. The molecule has 13 heteroatoms. The molecule has 0 spiro atoms. The normalized spacial score (nSPS) is 12.0. The number of aryl methyl sites for hydroxylation is 2. The number of hydrogen-bond acceptors (Lipinski definition) is 4. The standard InChI is InChI=1S/C29H25F7N2O4/c1-17-14-21(27(30,28(31,32)33)29(34,35)36)15-18(2)24(17)37-25(40)20-10-7-11-22(16-20)38(13-12-23(39)42-3)26(41)19-8-5-4-6-9-19/h4-11,14-16H,12-13H2,1-3H3,(H,37,40). The number of carbonyl (C=O) groups is 3. The molecule has 0 unspecified atom stereocenters. The fourth-order valence-corrected chi connectivity index (χ4v) is 4.24. The minimum atomic E-state index is -6.29. The molecule has 0 saturated heterocycles. The largest absolute Gasteiger partial charge is 0.469 e. The highest BCUT2D eigenvalue weighted by atomic mass is 19.4. The Morgan fingerprint density at radius 1 is 0.786 bits per heavy atom. The number of hydrogen-bond donors (Lipinski definition) is 1. The zero-order valence-corrected chi connectivity index (χ0v) is 22.5. The fourth-order valence-electron chi connectivity index (χ4n) is 4.24. The van der Waals surface area contributed by atoms with Crippen molar-refractivity contribution in [2.75, 3.05) is 23.9 Å². The molecule has 0 saturated carbocycles. The smallest absolute Gasteiger partial charge is 0.435 e. The van der Waals surface area contributed by atoms with E-state index in [1.54, 1.807) is 30.3 Å². The molecule has 3 rings (SSSR count). The number of carbonyl (C=O) groups excluding carboxylic acids is 3. The van der Waals surface area contributed by atoms with Crippen molar-refractivity contribution in [3.8, 4) is 0 Å². The Bertz CT molecular complexity index is 1430. The quantitative estimate of drug-likeness (QED) is 0.223. The molecule has 0 heterocycles. The van der Waals surface area contributed by atoms with Crippen molar-refractivity contribution in [1.82, 2.24) is 0 Å². The molecule has 0 bridgehead atoms. The molecule has 0 aliphatic heterocycles. The van der Waals surface area contributed by atoms with Gasteiger partial charge in [-0.1, -0.05) is 36.4 Å². The minimum Gasteiger partial charge on any atom is -0.469 e. The van der Waals surface area contributed by atoms with Crippen LogP contribution in [0.3, 0.4) is 0 Å². The number of methoxy groups -OCH3 is 1. The van der Waals surface area contributed by atoms with E-state index in [9.17, 15) is 45.1 Å². The fraction of sp³-hybridized carbons (Fsp3) is 0.276. The maximum atomic E-state index is 14.6. The summed E-state index contributed by atoms with van der Waals surface area (Å²) < 4.78 is 98.8. The summed E-state index contributed by atoms with van der Waals surface area (Å²) in [6.07, 6.45) is -12.7. The van der Waals surface area contributed by atoms with Crippen LogP contribution in [0.1, 0.15) is 43.8 Å². The van der Waals surface area contributed by atoms with Crippen molar-refractivity contribution in [2.45, 2.75) is 38.3 Å². The van der Waals surface area contributed by atoms with Gasteiger partial charge in [-0.25, -0.2) is 4.39 Å². The topological polar surface area (TPSA) is 75.7 Å². The van der Waals surface area contributed by atoms with Crippen LogP contribution in [0.15, 0.2) is 66.7 Å². The van der Waals surface area contributed by atoms with E-state index < -0.39 is 41.4 Å². The van der Waals surface area contributed by atoms with Gasteiger partial charge in [0.1, 0.15) is 0 Å². The third kappa shape index (κ3) is 6.55. The van der Waals surface area contributed by atoms with Gasteiger partial charge in [-0.2, -0.15) is 26.3 Å². The summed E-state index contributed by atoms with van der Waals surface area (Å²) in [5, 5.41) is 2.44. The second-order valence-corrected chi connectivity index (χ2v) is 9.29. The number of benzene rings is 3. The van der Waals surface area contributed by atoms with Crippen LogP contribution in [0.5, 0.6) is 0 Å². The Labute approximate surface area is 236 Å². The van der Waals surface area contributed by atoms with Crippen LogP contribution in [0.25, 0.3) is 0 Å². The number of ether oxygens (including phenoxy) is 1. The van der Waals surface area contributed by atoms with Gasteiger partial charge >= 0.3 is 24.0 Å². The van der Waals surface area contributed by atoms with Crippen molar-refractivity contribution < 1.29 is 49.9 Å². The molecular formula is C29H25F7N2O4. The molecule has 42 heavy (non-hydrogen) atoms. The predicted molar refractivity (Wildman–Crippen MR) is 140 cm³/mol. The van der Waals surface area contributed by atoms with Crippen molar-refractivity contribution in [1.29, 1.82) is 0 Å². The van der Waals surface area contributed by atoms with Gasteiger partial charge in [0.05, 0.1) is 13.5 Å². The van der Waals surface area contributed by atoms with Crippen molar-refractivity contribution in [2.24, 2.45) is 0 Å². The third-order valence-electron chi connectivity index (χ3n) is 6.40. The lowest BCUT2D eigenvalue weighted by Crippen LogP contribution is -2.50. The van der Waals surface area contributed by atoms with Crippen LogP contribution >= 0.6 is 0 Å². The van der Waals surface area contributed by atoms with E-state index in [4.69, 9.17) is 0 Å². The predicted octanol–water partition coefficient (Wildman–Crippen LogP) is 7.06. The molecule has 0 aliphatic rings. The van der Waals surface area contributed by atoms with E-state index in [1.165, 1.54) is 36.3 Å². The van der Waals surface area contributed by atoms with Gasteiger partial charge in [-0.3, -0.25) is 14.4 Å². The Morgan fingerprint density at radius 3 is 1.86 bits per heavy atom. The molecular weight excluding hydrogens is 573 g/mol. The number of nitrogens with one attached hydrogen (secondary N) is 1. The second kappa shape index (κ2) is 12.2. The lowest BCUT2D eigenvalue weighted by molar-refractivity contribution is -0.348. The van der Waals surface area contributed by atoms with Gasteiger partial charge in [0.2, 0.25) is 0 Å². The van der Waals surface area contributed by atoms with Crippen LogP contribution in [0.2, 0.25) is 0 Å². The molecule has 3 aromatic rings. The highest BCUT2D eigenvalue weighted by molar-refractivity contribution is 6.09. The Morgan fingerprint density at radius 2 is 1.33 bits per heavy atom. The second-order valence-electron chi connectivity index (χ2n) is 9.29. The van der Waals surface area contributed by atoms with Gasteiger partial charge in [0.15, 0.2) is 0 Å². The van der Waals surface area contributed by atoms with Crippen LogP contribution in [-0.2, 0) is 15.2 Å². The van der Waals surface area contributed by atoms with Crippen molar-refractivity contribution in [3.05, 3.63) is 94.5 Å². The number of alkyl halides is 7. The van der Waals surface area contributed by atoms with Crippen LogP contribution in [0, 0.1) is 13.8 Å². The lowest BCUT2D eigenvalue weighted by atomic mass is 9.90. The first-order valence-corrected chi connectivity index (χ1v) is 12.3. The van der Waals surface area contributed by atoms with Gasteiger partial charge in [-0.05, 0) is 55.3 Å². The number of rotatable bonds is 8. The average molecular weight is 599 g/mol. The highest BCUT2D eigenvalue weighted by Gasteiger charge is 2.73. The van der Waals surface area contributed by atoms with E-state index in [0.717, 1.165) is 13.8 Å². The van der Waals surface area contributed by atoms with Crippen molar-refractivity contribution in [3.63, 3.8) is 0 Å². The van der Waals surface area contributed by atoms with Gasteiger partial charge in [-0.15, -0.1) is 0 Å². The average Bonchev–Trinajstić information content (AvgIpc) is 2.93. The monoisotopic (exact) mass is 598 g/mol. The summed E-state index contributed by atoms with van der Waals surface area (Å²) in [7, 11) is 1.19. The number of halogens is 7. The zero-order chi connectivity index (χ0) is 31.5. The Hall–Kier alpha value is -4.42. The molecule has 224 valence electrons. The maximum Gasteiger partial charge on any atom is 0.435 e. The lowest BCUT2D eigenvalue weighted by Gasteiger charge is -2.31. The summed E-state index contributed by atoms with van der Waals surface area (Å²) in [5.74, 6) is -1.88. The molecule has 0 fully saturated rings. The Balaban J connectivity index is 1.95. The highest BCUT2D eigenvalue weighted by Crippen LogP contribution is 2.53. The zero-order valence-electron chi connectivity index (χ0n) is 22.5. The molecule has 1 N–H and O–H groups in total. The minimum absolute atomic E-state index is 0.0234. The van der Waals surface area contributed by atoms with E-state index in [0.29, 0.717) is 17.7 Å². The first-order chi connectivity index (χ1) is 19.5. The number of nitrogens with zero attached hydrogens (tertiary/aromatic N) is 1. The van der Waals surface area contributed by atoms with Gasteiger partial charge in [0, 0.05) is 34.6 Å². The third-order valence-corrected chi connectivity index (χ3v) is 6.40. The molecule has 6 nitrogen and oxygen atoms in total. The summed E-state index contributed by atoms with van der Waals surface area (Å²) >= 11 is 0. The van der Waals surface area contributed by atoms with E-state index in [1.807, 2.05) is 0 Å².